The molecule has 0 unspecified atom stereocenters. The summed E-state index contributed by atoms with van der Waals surface area (Å²) in [6.45, 7) is 5.33. The molecule has 0 radical (unpaired) electrons. The molecule has 0 saturated carbocycles. The third kappa shape index (κ3) is 3.48. The number of Topliss-reactive ketones (excluding diaryl/α,β-unsaturated/α-hetero) is 1. The van der Waals surface area contributed by atoms with Gasteiger partial charge in [0.05, 0.1) is 18.4 Å². The maximum atomic E-state index is 12.7. The van der Waals surface area contributed by atoms with Crippen LogP contribution in [0.2, 0.25) is 0 Å². The molecule has 4 heteroatoms. The van der Waals surface area contributed by atoms with Crippen molar-refractivity contribution in [2.24, 2.45) is 0 Å². The zero-order valence-corrected chi connectivity index (χ0v) is 16.0. The van der Waals surface area contributed by atoms with E-state index >= 15 is 0 Å². The van der Waals surface area contributed by atoms with Gasteiger partial charge in [-0.05, 0) is 42.7 Å². The van der Waals surface area contributed by atoms with Crippen LogP contribution in [0, 0.1) is 13.8 Å². The highest BCUT2D eigenvalue weighted by atomic mass is 16.5. The van der Waals surface area contributed by atoms with E-state index < -0.39 is 5.60 Å². The van der Waals surface area contributed by atoms with E-state index in [4.69, 9.17) is 4.74 Å². The maximum absolute atomic E-state index is 12.7. The Kier molecular flexibility index (Phi) is 4.50. The van der Waals surface area contributed by atoms with Gasteiger partial charge in [0.25, 0.3) is 0 Å². The summed E-state index contributed by atoms with van der Waals surface area (Å²) in [5.74, 6) is 1.01. The zero-order valence-electron chi connectivity index (χ0n) is 16.0. The predicted molar refractivity (Wildman–Crippen MR) is 104 cm³/mol. The molecule has 0 atom stereocenters. The summed E-state index contributed by atoms with van der Waals surface area (Å²) < 4.78 is 6.35. The third-order valence-electron chi connectivity index (χ3n) is 5.93. The van der Waals surface area contributed by atoms with Crippen molar-refractivity contribution >= 4 is 11.7 Å². The molecular formula is C23H25NO3. The van der Waals surface area contributed by atoms with E-state index in [2.05, 4.69) is 0 Å². The summed E-state index contributed by atoms with van der Waals surface area (Å²) in [6.07, 6.45) is 2.23. The Labute approximate surface area is 160 Å². The van der Waals surface area contributed by atoms with E-state index in [1.165, 1.54) is 0 Å². The molecule has 0 N–H and O–H groups in total. The van der Waals surface area contributed by atoms with Crippen molar-refractivity contribution in [1.82, 2.24) is 4.90 Å². The average Bonchev–Trinajstić information content (AvgIpc) is 2.65. The van der Waals surface area contributed by atoms with E-state index in [0.717, 1.165) is 16.7 Å². The number of hydrogen-bond donors (Lipinski definition) is 0. The van der Waals surface area contributed by atoms with Crippen molar-refractivity contribution in [1.29, 1.82) is 0 Å². The number of fused-ring (bicyclic) bond motifs is 1. The van der Waals surface area contributed by atoms with Crippen LogP contribution in [0.25, 0.3) is 0 Å². The molecule has 0 aliphatic carbocycles. The maximum Gasteiger partial charge on any atom is 0.226 e. The second-order valence-electron chi connectivity index (χ2n) is 7.86. The van der Waals surface area contributed by atoms with E-state index in [0.29, 0.717) is 50.1 Å². The third-order valence-corrected chi connectivity index (χ3v) is 5.93. The summed E-state index contributed by atoms with van der Waals surface area (Å²) in [4.78, 5) is 27.2. The average molecular weight is 363 g/mol. The lowest BCUT2D eigenvalue weighted by Gasteiger charge is -2.44. The molecular weight excluding hydrogens is 338 g/mol. The van der Waals surface area contributed by atoms with Crippen LogP contribution in [0.15, 0.2) is 42.5 Å². The number of carbonyl (C=O) groups excluding carboxylic acids is 2. The molecule has 0 bridgehead atoms. The number of carbonyl (C=O) groups is 2. The van der Waals surface area contributed by atoms with Crippen molar-refractivity contribution in [3.63, 3.8) is 0 Å². The number of nitrogens with zero attached hydrogens (tertiary/aromatic N) is 1. The number of likely N-dealkylation sites (tertiary alicyclic amines) is 1. The molecule has 2 heterocycles. The van der Waals surface area contributed by atoms with Crippen molar-refractivity contribution in [2.75, 3.05) is 13.1 Å². The molecule has 1 saturated heterocycles. The van der Waals surface area contributed by atoms with Crippen molar-refractivity contribution < 1.29 is 14.3 Å². The Morgan fingerprint density at radius 2 is 1.74 bits per heavy atom. The van der Waals surface area contributed by atoms with Gasteiger partial charge in [0.15, 0.2) is 5.78 Å². The summed E-state index contributed by atoms with van der Waals surface area (Å²) in [5.41, 5.74) is 3.52. The molecule has 4 nitrogen and oxygen atoms in total. The van der Waals surface area contributed by atoms with Crippen LogP contribution >= 0.6 is 0 Å². The number of aryl methyl sites for hydroxylation is 2. The quantitative estimate of drug-likeness (QED) is 0.814. The van der Waals surface area contributed by atoms with Gasteiger partial charge in [-0.2, -0.15) is 0 Å². The first-order valence-electron chi connectivity index (χ1n) is 9.61. The topological polar surface area (TPSA) is 46.6 Å². The van der Waals surface area contributed by atoms with E-state index in [-0.39, 0.29) is 11.7 Å². The van der Waals surface area contributed by atoms with E-state index in [1.54, 1.807) is 0 Å². The number of amides is 1. The SMILES string of the molecule is Cc1cc2c(cc1C)C(=O)CC1(CCN(C(=O)Cc3ccccc3)CC1)O2. The van der Waals surface area contributed by atoms with Gasteiger partial charge in [-0.3, -0.25) is 9.59 Å². The van der Waals surface area contributed by atoms with Gasteiger partial charge in [0.1, 0.15) is 11.4 Å². The Bertz CT molecular complexity index is 880. The zero-order chi connectivity index (χ0) is 19.0. The number of ketones is 1. The molecule has 140 valence electrons. The van der Waals surface area contributed by atoms with Gasteiger partial charge in [0, 0.05) is 25.9 Å². The standard InChI is InChI=1S/C23H25NO3/c1-16-12-19-20(25)15-23(27-21(19)13-17(16)2)8-10-24(11-9-23)22(26)14-18-6-4-3-5-7-18/h3-7,12-13H,8-11,14-15H2,1-2H3. The Hall–Kier alpha value is -2.62. The van der Waals surface area contributed by atoms with Gasteiger partial charge in [0.2, 0.25) is 5.91 Å². The van der Waals surface area contributed by atoms with Gasteiger partial charge < -0.3 is 9.64 Å². The minimum atomic E-state index is -0.463. The van der Waals surface area contributed by atoms with Crippen LogP contribution < -0.4 is 4.74 Å². The summed E-state index contributed by atoms with van der Waals surface area (Å²) in [7, 11) is 0. The van der Waals surface area contributed by atoms with E-state index in [1.807, 2.05) is 61.2 Å². The number of hydrogen-bond acceptors (Lipinski definition) is 3. The molecule has 1 fully saturated rings. The normalized spacial score (nSPS) is 18.1. The summed E-state index contributed by atoms with van der Waals surface area (Å²) >= 11 is 0. The van der Waals surface area contributed by atoms with Crippen molar-refractivity contribution in [3.05, 3.63) is 64.7 Å². The van der Waals surface area contributed by atoms with E-state index in [9.17, 15) is 9.59 Å². The molecule has 1 amide bonds. The summed E-state index contributed by atoms with van der Waals surface area (Å²) in [5, 5.41) is 0. The van der Waals surface area contributed by atoms with Crippen molar-refractivity contribution in [2.45, 2.75) is 45.1 Å². The largest absolute Gasteiger partial charge is 0.486 e. The minimum Gasteiger partial charge on any atom is -0.486 e. The Balaban J connectivity index is 1.45. The number of ether oxygens (including phenoxy) is 1. The van der Waals surface area contributed by atoms with Crippen LogP contribution in [0.1, 0.15) is 46.3 Å². The smallest absolute Gasteiger partial charge is 0.226 e. The molecule has 2 aliphatic rings. The van der Waals surface area contributed by atoms with Gasteiger partial charge in [-0.15, -0.1) is 0 Å². The lowest BCUT2D eigenvalue weighted by atomic mass is 9.82. The lowest BCUT2D eigenvalue weighted by Crippen LogP contribution is -2.52. The van der Waals surface area contributed by atoms with Gasteiger partial charge in [-0.25, -0.2) is 0 Å². The number of piperidine rings is 1. The first-order chi connectivity index (χ1) is 13.0. The van der Waals surface area contributed by atoms with Crippen LogP contribution in [0.4, 0.5) is 0 Å². The highest BCUT2D eigenvalue weighted by molar-refractivity contribution is 6.00. The van der Waals surface area contributed by atoms with Crippen LogP contribution in [0.3, 0.4) is 0 Å². The Morgan fingerprint density at radius 1 is 1.07 bits per heavy atom. The number of benzene rings is 2. The molecule has 2 aromatic rings. The van der Waals surface area contributed by atoms with Crippen LogP contribution in [-0.4, -0.2) is 35.3 Å². The fourth-order valence-corrected chi connectivity index (χ4v) is 4.07. The molecule has 0 aromatic heterocycles. The summed E-state index contributed by atoms with van der Waals surface area (Å²) in [6, 6.07) is 13.7. The fraction of sp³-hybridized carbons (Fsp3) is 0.391. The predicted octanol–water partition coefficient (Wildman–Crippen LogP) is 3.87. The molecule has 4 rings (SSSR count). The molecule has 1 spiro atoms. The second kappa shape index (κ2) is 6.84. The highest BCUT2D eigenvalue weighted by Crippen LogP contribution is 2.40. The Morgan fingerprint density at radius 3 is 2.44 bits per heavy atom. The van der Waals surface area contributed by atoms with Gasteiger partial charge >= 0.3 is 0 Å². The minimum absolute atomic E-state index is 0.144. The second-order valence-corrected chi connectivity index (χ2v) is 7.86. The van der Waals surface area contributed by atoms with Crippen molar-refractivity contribution in [3.8, 4) is 5.75 Å². The first-order valence-corrected chi connectivity index (χ1v) is 9.61. The molecule has 27 heavy (non-hydrogen) atoms. The van der Waals surface area contributed by atoms with Crippen LogP contribution in [0.5, 0.6) is 5.75 Å². The lowest BCUT2D eigenvalue weighted by molar-refractivity contribution is -0.134. The molecule has 2 aliphatic heterocycles. The van der Waals surface area contributed by atoms with Gasteiger partial charge in [-0.1, -0.05) is 30.3 Å². The first kappa shape index (κ1) is 17.8. The number of rotatable bonds is 2. The highest BCUT2D eigenvalue weighted by Gasteiger charge is 2.43. The van der Waals surface area contributed by atoms with Crippen LogP contribution in [-0.2, 0) is 11.2 Å². The molecule has 2 aromatic carbocycles. The monoisotopic (exact) mass is 363 g/mol. The fourth-order valence-electron chi connectivity index (χ4n) is 4.07.